The average Bonchev–Trinajstić information content (AvgIpc) is 2.48. The van der Waals surface area contributed by atoms with Crippen LogP contribution >= 0.6 is 23.5 Å². The molecule has 114 valence electrons. The van der Waals surface area contributed by atoms with Gasteiger partial charge in [-0.3, -0.25) is 9.69 Å². The molecule has 4 nitrogen and oxygen atoms in total. The Morgan fingerprint density at radius 2 is 2.05 bits per heavy atom. The topological polar surface area (TPSA) is 49.8 Å². The Morgan fingerprint density at radius 1 is 1.25 bits per heavy atom. The predicted molar refractivity (Wildman–Crippen MR) is 83.7 cm³/mol. The zero-order valence-corrected chi connectivity index (χ0v) is 13.4. The Morgan fingerprint density at radius 3 is 2.80 bits per heavy atom. The second kappa shape index (κ2) is 6.46. The van der Waals surface area contributed by atoms with E-state index < -0.39 is 5.97 Å². The van der Waals surface area contributed by atoms with Gasteiger partial charge in [-0.2, -0.15) is 23.5 Å². The SMILES string of the molecule is O=C(O)C1CSCCN1C1CCOC2(CCSCC2)C1. The van der Waals surface area contributed by atoms with E-state index in [0.717, 1.165) is 50.3 Å². The Kier molecular flexibility index (Phi) is 4.85. The summed E-state index contributed by atoms with van der Waals surface area (Å²) in [7, 11) is 0. The molecule has 0 radical (unpaired) electrons. The van der Waals surface area contributed by atoms with Gasteiger partial charge >= 0.3 is 5.97 Å². The van der Waals surface area contributed by atoms with Gasteiger partial charge in [0.15, 0.2) is 0 Å². The van der Waals surface area contributed by atoms with Gasteiger partial charge in [0, 0.05) is 30.7 Å². The molecule has 20 heavy (non-hydrogen) atoms. The van der Waals surface area contributed by atoms with Crippen molar-refractivity contribution in [2.75, 3.05) is 36.2 Å². The number of aliphatic carboxylic acids is 1. The van der Waals surface area contributed by atoms with Crippen molar-refractivity contribution in [1.82, 2.24) is 4.90 Å². The normalized spacial score (nSPS) is 35.0. The highest BCUT2D eigenvalue weighted by Gasteiger charge is 2.43. The Labute approximate surface area is 129 Å². The van der Waals surface area contributed by atoms with Gasteiger partial charge in [-0.05, 0) is 37.2 Å². The second-order valence-corrected chi connectivity index (χ2v) is 8.33. The first-order chi connectivity index (χ1) is 9.70. The van der Waals surface area contributed by atoms with Crippen molar-refractivity contribution in [1.29, 1.82) is 0 Å². The van der Waals surface area contributed by atoms with E-state index in [2.05, 4.69) is 4.90 Å². The molecule has 0 aliphatic carbocycles. The van der Waals surface area contributed by atoms with Gasteiger partial charge in [0.05, 0.1) is 5.60 Å². The lowest BCUT2D eigenvalue weighted by Crippen LogP contribution is -2.57. The minimum Gasteiger partial charge on any atom is -0.480 e. The zero-order chi connectivity index (χ0) is 14.0. The lowest BCUT2D eigenvalue weighted by Gasteiger charge is -2.48. The standard InChI is InChI=1S/C14H23NO3S2/c16-13(17)12-10-20-8-4-15(12)11-1-5-18-14(9-11)2-6-19-7-3-14/h11-12H,1-10H2,(H,16,17). The van der Waals surface area contributed by atoms with Crippen molar-refractivity contribution < 1.29 is 14.6 Å². The minimum atomic E-state index is -0.656. The molecule has 0 saturated carbocycles. The molecule has 0 bridgehead atoms. The van der Waals surface area contributed by atoms with Crippen LogP contribution in [0.5, 0.6) is 0 Å². The molecule has 3 fully saturated rings. The minimum absolute atomic E-state index is 0.0435. The lowest BCUT2D eigenvalue weighted by molar-refractivity contribution is -0.148. The van der Waals surface area contributed by atoms with E-state index >= 15 is 0 Å². The third kappa shape index (κ3) is 3.13. The van der Waals surface area contributed by atoms with E-state index in [4.69, 9.17) is 4.74 Å². The molecule has 0 aromatic rings. The number of carbonyl (C=O) groups is 1. The number of carboxylic acids is 1. The maximum Gasteiger partial charge on any atom is 0.321 e. The van der Waals surface area contributed by atoms with Crippen LogP contribution in [0.2, 0.25) is 0 Å². The van der Waals surface area contributed by atoms with E-state index in [1.165, 1.54) is 11.5 Å². The summed E-state index contributed by atoms with van der Waals surface area (Å²) in [6, 6.07) is 0.0979. The first-order valence-electron chi connectivity index (χ1n) is 7.48. The molecule has 3 aliphatic rings. The number of hydrogen-bond acceptors (Lipinski definition) is 5. The van der Waals surface area contributed by atoms with Crippen LogP contribution in [0.4, 0.5) is 0 Å². The van der Waals surface area contributed by atoms with Gasteiger partial charge in [-0.15, -0.1) is 0 Å². The highest BCUT2D eigenvalue weighted by molar-refractivity contribution is 7.99. The number of nitrogens with zero attached hydrogens (tertiary/aromatic N) is 1. The van der Waals surface area contributed by atoms with Crippen molar-refractivity contribution in [2.24, 2.45) is 0 Å². The fourth-order valence-electron chi connectivity index (χ4n) is 3.64. The molecule has 3 aliphatic heterocycles. The number of hydrogen-bond donors (Lipinski definition) is 1. The van der Waals surface area contributed by atoms with E-state index in [1.807, 2.05) is 11.8 Å². The zero-order valence-electron chi connectivity index (χ0n) is 11.8. The maximum absolute atomic E-state index is 11.5. The summed E-state index contributed by atoms with van der Waals surface area (Å²) in [5.41, 5.74) is 0.0435. The number of thioether (sulfide) groups is 2. The Hall–Kier alpha value is 0.0900. The molecule has 3 heterocycles. The average molecular weight is 317 g/mol. The van der Waals surface area contributed by atoms with Gasteiger partial charge < -0.3 is 9.84 Å². The van der Waals surface area contributed by atoms with Gasteiger partial charge in [-0.25, -0.2) is 0 Å². The van der Waals surface area contributed by atoms with Crippen LogP contribution in [0.3, 0.4) is 0 Å². The summed E-state index contributed by atoms with van der Waals surface area (Å²) < 4.78 is 6.13. The molecule has 1 spiro atoms. The second-order valence-electron chi connectivity index (χ2n) is 5.96. The van der Waals surface area contributed by atoms with Gasteiger partial charge in [-0.1, -0.05) is 0 Å². The van der Waals surface area contributed by atoms with Crippen LogP contribution in [0.25, 0.3) is 0 Å². The van der Waals surface area contributed by atoms with Crippen LogP contribution in [0.1, 0.15) is 25.7 Å². The van der Waals surface area contributed by atoms with Crippen molar-refractivity contribution in [3.05, 3.63) is 0 Å². The molecule has 0 amide bonds. The molecular weight excluding hydrogens is 294 g/mol. The fourth-order valence-corrected chi connectivity index (χ4v) is 5.94. The smallest absolute Gasteiger partial charge is 0.321 e. The van der Waals surface area contributed by atoms with Gasteiger partial charge in [0.25, 0.3) is 0 Å². The lowest BCUT2D eigenvalue weighted by atomic mass is 9.84. The summed E-state index contributed by atoms with van der Waals surface area (Å²) >= 11 is 3.78. The van der Waals surface area contributed by atoms with Crippen molar-refractivity contribution in [2.45, 2.75) is 43.4 Å². The quantitative estimate of drug-likeness (QED) is 0.840. The first kappa shape index (κ1) is 15.0. The first-order valence-corrected chi connectivity index (χ1v) is 9.79. The third-order valence-electron chi connectivity index (χ3n) is 4.79. The monoisotopic (exact) mass is 317 g/mol. The third-order valence-corrected chi connectivity index (χ3v) is 6.80. The van der Waals surface area contributed by atoms with Crippen molar-refractivity contribution in [3.63, 3.8) is 0 Å². The molecule has 2 atom stereocenters. The number of carboxylic acid groups (broad SMARTS) is 1. The summed E-state index contributed by atoms with van der Waals surface area (Å²) in [6.45, 7) is 1.71. The Bertz CT molecular complexity index is 355. The van der Waals surface area contributed by atoms with Crippen molar-refractivity contribution in [3.8, 4) is 0 Å². The van der Waals surface area contributed by atoms with E-state index in [0.29, 0.717) is 6.04 Å². The van der Waals surface area contributed by atoms with E-state index in [9.17, 15) is 9.90 Å². The van der Waals surface area contributed by atoms with Crippen LogP contribution in [0.15, 0.2) is 0 Å². The number of ether oxygens (including phenoxy) is 1. The number of rotatable bonds is 2. The molecular formula is C14H23NO3S2. The van der Waals surface area contributed by atoms with Gasteiger partial charge in [0.1, 0.15) is 6.04 Å². The summed E-state index contributed by atoms with van der Waals surface area (Å²) in [6.07, 6.45) is 4.29. The molecule has 3 rings (SSSR count). The largest absolute Gasteiger partial charge is 0.480 e. The highest BCUT2D eigenvalue weighted by atomic mass is 32.2. The van der Waals surface area contributed by atoms with Gasteiger partial charge in [0.2, 0.25) is 0 Å². The molecule has 0 aromatic carbocycles. The van der Waals surface area contributed by atoms with Crippen molar-refractivity contribution >= 4 is 29.5 Å². The molecule has 6 heteroatoms. The molecule has 1 N–H and O–H groups in total. The Balaban J connectivity index is 1.70. The molecule has 2 unspecified atom stereocenters. The molecule has 3 saturated heterocycles. The van der Waals surface area contributed by atoms with Crippen LogP contribution in [-0.2, 0) is 9.53 Å². The van der Waals surface area contributed by atoms with Crippen LogP contribution < -0.4 is 0 Å². The summed E-state index contributed by atoms with van der Waals surface area (Å²) in [4.78, 5) is 13.7. The van der Waals surface area contributed by atoms with Crippen LogP contribution in [-0.4, -0.2) is 69.8 Å². The highest BCUT2D eigenvalue weighted by Crippen LogP contribution is 2.39. The van der Waals surface area contributed by atoms with E-state index in [-0.39, 0.29) is 11.6 Å². The predicted octanol–water partition coefficient (Wildman–Crippen LogP) is 1.93. The van der Waals surface area contributed by atoms with Crippen LogP contribution in [0, 0.1) is 0 Å². The summed E-state index contributed by atoms with van der Waals surface area (Å²) in [5, 5.41) is 9.45. The summed E-state index contributed by atoms with van der Waals surface area (Å²) in [5.74, 6) is 3.51. The van der Waals surface area contributed by atoms with E-state index in [1.54, 1.807) is 11.8 Å². The maximum atomic E-state index is 11.5. The fraction of sp³-hybridized carbons (Fsp3) is 0.929. The molecule has 0 aromatic heterocycles.